The fraction of sp³-hybridized carbons (Fsp3) is 0.625. The predicted octanol–water partition coefficient (Wildman–Crippen LogP) is 1.94. The van der Waals surface area contributed by atoms with E-state index in [0.717, 1.165) is 19.6 Å². The second-order valence-corrected chi connectivity index (χ2v) is 5.92. The first kappa shape index (κ1) is 14.5. The van der Waals surface area contributed by atoms with Gasteiger partial charge < -0.3 is 15.5 Å². The maximum absolute atomic E-state index is 6.43. The quantitative estimate of drug-likeness (QED) is 0.902. The van der Waals surface area contributed by atoms with Crippen LogP contribution in [0, 0.1) is 13.8 Å². The van der Waals surface area contributed by atoms with E-state index in [-0.39, 0.29) is 6.04 Å². The molecule has 1 aromatic carbocycles. The van der Waals surface area contributed by atoms with Crippen LogP contribution in [0.1, 0.15) is 29.2 Å². The first-order valence-corrected chi connectivity index (χ1v) is 7.30. The van der Waals surface area contributed by atoms with Crippen molar-refractivity contribution in [3.05, 3.63) is 34.9 Å². The summed E-state index contributed by atoms with van der Waals surface area (Å²) < 4.78 is 0. The van der Waals surface area contributed by atoms with E-state index in [0.29, 0.717) is 0 Å². The fourth-order valence-electron chi connectivity index (χ4n) is 2.82. The number of aryl methyl sites for hydroxylation is 2. The summed E-state index contributed by atoms with van der Waals surface area (Å²) in [6, 6.07) is 6.71. The molecule has 1 aliphatic heterocycles. The van der Waals surface area contributed by atoms with Gasteiger partial charge in [0.15, 0.2) is 0 Å². The van der Waals surface area contributed by atoms with Crippen molar-refractivity contribution in [2.45, 2.75) is 26.3 Å². The van der Waals surface area contributed by atoms with E-state index in [9.17, 15) is 0 Å². The average molecular weight is 261 g/mol. The monoisotopic (exact) mass is 261 g/mol. The number of hydrogen-bond acceptors (Lipinski definition) is 3. The molecule has 106 valence electrons. The molecule has 1 unspecified atom stereocenters. The summed E-state index contributed by atoms with van der Waals surface area (Å²) in [5, 5.41) is 0. The summed E-state index contributed by atoms with van der Waals surface area (Å²) in [5.41, 5.74) is 10.3. The SMILES string of the molecule is Cc1ccc(C)c(C(N)CN2CCCN(C)CC2)c1. The van der Waals surface area contributed by atoms with Gasteiger partial charge in [-0.15, -0.1) is 0 Å². The van der Waals surface area contributed by atoms with Crippen molar-refractivity contribution in [2.75, 3.05) is 39.8 Å². The number of nitrogens with two attached hydrogens (primary N) is 1. The van der Waals surface area contributed by atoms with E-state index in [2.05, 4.69) is 48.9 Å². The number of benzene rings is 1. The predicted molar refractivity (Wildman–Crippen MR) is 81.4 cm³/mol. The van der Waals surface area contributed by atoms with Crippen molar-refractivity contribution in [2.24, 2.45) is 5.73 Å². The lowest BCUT2D eigenvalue weighted by molar-refractivity contribution is 0.261. The molecule has 1 fully saturated rings. The summed E-state index contributed by atoms with van der Waals surface area (Å²) >= 11 is 0. The molecule has 0 spiro atoms. The molecule has 0 amide bonds. The number of hydrogen-bond donors (Lipinski definition) is 1. The molecule has 1 heterocycles. The molecule has 0 radical (unpaired) electrons. The van der Waals surface area contributed by atoms with Gasteiger partial charge in [0.05, 0.1) is 0 Å². The number of rotatable bonds is 3. The van der Waals surface area contributed by atoms with Crippen LogP contribution in [0.25, 0.3) is 0 Å². The molecule has 2 N–H and O–H groups in total. The van der Waals surface area contributed by atoms with Crippen LogP contribution in [0.3, 0.4) is 0 Å². The summed E-state index contributed by atoms with van der Waals surface area (Å²) in [4.78, 5) is 4.92. The third kappa shape index (κ3) is 4.03. The van der Waals surface area contributed by atoms with Gasteiger partial charge in [0, 0.05) is 25.7 Å². The molecule has 1 atom stereocenters. The molecule has 3 nitrogen and oxygen atoms in total. The van der Waals surface area contributed by atoms with Crippen LogP contribution in [-0.2, 0) is 0 Å². The Morgan fingerprint density at radius 3 is 2.74 bits per heavy atom. The highest BCUT2D eigenvalue weighted by Gasteiger charge is 2.17. The normalized spacial score (nSPS) is 20.2. The summed E-state index contributed by atoms with van der Waals surface area (Å²) in [6.07, 6.45) is 1.25. The minimum absolute atomic E-state index is 0.128. The number of nitrogens with zero attached hydrogens (tertiary/aromatic N) is 2. The van der Waals surface area contributed by atoms with Gasteiger partial charge in [-0.1, -0.05) is 23.8 Å². The van der Waals surface area contributed by atoms with Crippen molar-refractivity contribution in [1.82, 2.24) is 9.80 Å². The lowest BCUT2D eigenvalue weighted by Gasteiger charge is -2.25. The van der Waals surface area contributed by atoms with Crippen LogP contribution in [0.2, 0.25) is 0 Å². The lowest BCUT2D eigenvalue weighted by Crippen LogP contribution is -2.35. The Hall–Kier alpha value is -0.900. The van der Waals surface area contributed by atoms with Gasteiger partial charge in [-0.2, -0.15) is 0 Å². The highest BCUT2D eigenvalue weighted by Crippen LogP contribution is 2.19. The van der Waals surface area contributed by atoms with E-state index in [1.165, 1.54) is 36.2 Å². The van der Waals surface area contributed by atoms with Crippen molar-refractivity contribution < 1.29 is 0 Å². The Morgan fingerprint density at radius 2 is 1.95 bits per heavy atom. The Bertz CT molecular complexity index is 416. The first-order valence-electron chi connectivity index (χ1n) is 7.30. The molecule has 2 rings (SSSR count). The highest BCUT2D eigenvalue weighted by molar-refractivity contribution is 5.33. The second kappa shape index (κ2) is 6.51. The molecule has 1 aromatic rings. The first-order chi connectivity index (χ1) is 9.06. The van der Waals surface area contributed by atoms with Crippen LogP contribution >= 0.6 is 0 Å². The van der Waals surface area contributed by atoms with Gasteiger partial charge in [0.25, 0.3) is 0 Å². The van der Waals surface area contributed by atoms with E-state index >= 15 is 0 Å². The Labute approximate surface area is 117 Å². The minimum atomic E-state index is 0.128. The molecule has 1 saturated heterocycles. The van der Waals surface area contributed by atoms with Crippen molar-refractivity contribution in [3.8, 4) is 0 Å². The maximum atomic E-state index is 6.43. The Kier molecular flexibility index (Phi) is 4.97. The molecule has 1 aliphatic rings. The third-order valence-electron chi connectivity index (χ3n) is 4.10. The van der Waals surface area contributed by atoms with Gasteiger partial charge in [-0.3, -0.25) is 0 Å². The fourth-order valence-corrected chi connectivity index (χ4v) is 2.82. The molecule has 0 saturated carbocycles. The smallest absolute Gasteiger partial charge is 0.0427 e. The van der Waals surface area contributed by atoms with Crippen LogP contribution < -0.4 is 5.73 Å². The Morgan fingerprint density at radius 1 is 1.16 bits per heavy atom. The van der Waals surface area contributed by atoms with Gasteiger partial charge in [-0.05, 0) is 51.5 Å². The molecular weight excluding hydrogens is 234 g/mol. The van der Waals surface area contributed by atoms with Crippen molar-refractivity contribution in [1.29, 1.82) is 0 Å². The second-order valence-electron chi connectivity index (χ2n) is 5.92. The summed E-state index contributed by atoms with van der Waals surface area (Å²) in [7, 11) is 2.20. The molecular formula is C16H27N3. The summed E-state index contributed by atoms with van der Waals surface area (Å²) in [6.45, 7) is 9.92. The van der Waals surface area contributed by atoms with E-state index < -0.39 is 0 Å². The van der Waals surface area contributed by atoms with E-state index in [4.69, 9.17) is 5.73 Å². The standard InChI is InChI=1S/C16H27N3/c1-13-5-6-14(2)15(11-13)16(17)12-19-8-4-7-18(3)9-10-19/h5-6,11,16H,4,7-10,12,17H2,1-3H3. The van der Waals surface area contributed by atoms with E-state index in [1.54, 1.807) is 0 Å². The number of likely N-dealkylation sites (N-methyl/N-ethyl adjacent to an activating group) is 1. The van der Waals surface area contributed by atoms with Crippen LogP contribution in [0.5, 0.6) is 0 Å². The summed E-state index contributed by atoms with van der Waals surface area (Å²) in [5.74, 6) is 0. The lowest BCUT2D eigenvalue weighted by atomic mass is 9.99. The van der Waals surface area contributed by atoms with Gasteiger partial charge in [0.1, 0.15) is 0 Å². The van der Waals surface area contributed by atoms with Gasteiger partial charge in [0.2, 0.25) is 0 Å². The highest BCUT2D eigenvalue weighted by atomic mass is 15.2. The molecule has 0 bridgehead atoms. The molecule has 0 aromatic heterocycles. The molecule has 19 heavy (non-hydrogen) atoms. The van der Waals surface area contributed by atoms with Crippen LogP contribution in [0.4, 0.5) is 0 Å². The largest absolute Gasteiger partial charge is 0.323 e. The third-order valence-corrected chi connectivity index (χ3v) is 4.10. The minimum Gasteiger partial charge on any atom is -0.323 e. The topological polar surface area (TPSA) is 32.5 Å². The average Bonchev–Trinajstić information content (AvgIpc) is 2.57. The van der Waals surface area contributed by atoms with Crippen molar-refractivity contribution in [3.63, 3.8) is 0 Å². The van der Waals surface area contributed by atoms with Gasteiger partial charge >= 0.3 is 0 Å². The van der Waals surface area contributed by atoms with Crippen molar-refractivity contribution >= 4 is 0 Å². The maximum Gasteiger partial charge on any atom is 0.0427 e. The van der Waals surface area contributed by atoms with Gasteiger partial charge in [-0.25, -0.2) is 0 Å². The Balaban J connectivity index is 2.00. The zero-order chi connectivity index (χ0) is 13.8. The zero-order valence-electron chi connectivity index (χ0n) is 12.5. The molecule has 0 aliphatic carbocycles. The molecule has 3 heteroatoms. The zero-order valence-corrected chi connectivity index (χ0v) is 12.5. The van der Waals surface area contributed by atoms with E-state index in [1.807, 2.05) is 0 Å². The van der Waals surface area contributed by atoms with Crippen LogP contribution in [0.15, 0.2) is 18.2 Å². The van der Waals surface area contributed by atoms with Crippen LogP contribution in [-0.4, -0.2) is 49.6 Å².